The standard InChI is InChI=1S/C17H22N2O2/c1-3-8-18-10-14-9-13(2)17(19-11-14)21-16-7-5-4-6-15(16)12-20/h4-7,9,11,18,20H,3,8,10,12H2,1-2H3. The molecule has 2 aromatic rings. The van der Waals surface area contributed by atoms with Crippen LogP contribution in [0, 0.1) is 6.92 Å². The molecular weight excluding hydrogens is 264 g/mol. The molecule has 1 aromatic carbocycles. The van der Waals surface area contributed by atoms with Crippen molar-refractivity contribution in [2.24, 2.45) is 0 Å². The third-order valence-corrected chi connectivity index (χ3v) is 3.19. The second kappa shape index (κ2) is 7.76. The van der Waals surface area contributed by atoms with Crippen LogP contribution in [0.25, 0.3) is 0 Å². The lowest BCUT2D eigenvalue weighted by atomic mass is 10.2. The van der Waals surface area contributed by atoms with Gasteiger partial charge in [0, 0.05) is 23.9 Å². The zero-order chi connectivity index (χ0) is 15.1. The molecule has 0 spiro atoms. The number of nitrogens with zero attached hydrogens (tertiary/aromatic N) is 1. The highest BCUT2D eigenvalue weighted by molar-refractivity contribution is 5.38. The maximum atomic E-state index is 9.32. The van der Waals surface area contributed by atoms with Crippen molar-refractivity contribution in [1.29, 1.82) is 0 Å². The summed E-state index contributed by atoms with van der Waals surface area (Å²) in [6.45, 7) is 5.89. The van der Waals surface area contributed by atoms with E-state index in [2.05, 4.69) is 23.3 Å². The van der Waals surface area contributed by atoms with Crippen molar-refractivity contribution in [3.63, 3.8) is 0 Å². The Hall–Kier alpha value is -1.91. The van der Waals surface area contributed by atoms with Crippen LogP contribution in [-0.4, -0.2) is 16.6 Å². The van der Waals surface area contributed by atoms with Crippen molar-refractivity contribution in [2.75, 3.05) is 6.54 Å². The Balaban J connectivity index is 2.10. The molecule has 0 fully saturated rings. The van der Waals surface area contributed by atoms with Crippen LogP contribution in [0.4, 0.5) is 0 Å². The summed E-state index contributed by atoms with van der Waals surface area (Å²) in [4.78, 5) is 4.38. The van der Waals surface area contributed by atoms with Crippen LogP contribution in [0.15, 0.2) is 36.5 Å². The number of aliphatic hydroxyl groups is 1. The molecule has 0 saturated heterocycles. The average Bonchev–Trinajstić information content (AvgIpc) is 2.50. The van der Waals surface area contributed by atoms with E-state index in [4.69, 9.17) is 4.74 Å². The second-order valence-corrected chi connectivity index (χ2v) is 5.01. The van der Waals surface area contributed by atoms with E-state index in [1.807, 2.05) is 37.4 Å². The molecule has 112 valence electrons. The van der Waals surface area contributed by atoms with Gasteiger partial charge in [0.1, 0.15) is 5.75 Å². The van der Waals surface area contributed by atoms with E-state index in [1.54, 1.807) is 0 Å². The topological polar surface area (TPSA) is 54.4 Å². The zero-order valence-corrected chi connectivity index (χ0v) is 12.6. The number of hydrogen-bond donors (Lipinski definition) is 2. The molecule has 0 saturated carbocycles. The average molecular weight is 286 g/mol. The van der Waals surface area contributed by atoms with Crippen LogP contribution in [0.1, 0.15) is 30.0 Å². The lowest BCUT2D eigenvalue weighted by Gasteiger charge is -2.12. The van der Waals surface area contributed by atoms with Gasteiger partial charge in [0.25, 0.3) is 0 Å². The largest absolute Gasteiger partial charge is 0.438 e. The van der Waals surface area contributed by atoms with Crippen molar-refractivity contribution in [2.45, 2.75) is 33.4 Å². The highest BCUT2D eigenvalue weighted by Crippen LogP contribution is 2.26. The Morgan fingerprint density at radius 3 is 2.81 bits per heavy atom. The molecule has 4 nitrogen and oxygen atoms in total. The molecule has 0 atom stereocenters. The fourth-order valence-electron chi connectivity index (χ4n) is 2.07. The number of aryl methyl sites for hydroxylation is 1. The molecule has 0 radical (unpaired) electrons. The van der Waals surface area contributed by atoms with Crippen LogP contribution in [-0.2, 0) is 13.2 Å². The number of para-hydroxylation sites is 1. The summed E-state index contributed by atoms with van der Waals surface area (Å²) < 4.78 is 5.82. The predicted octanol–water partition coefficient (Wildman–Crippen LogP) is 3.17. The minimum Gasteiger partial charge on any atom is -0.438 e. The number of rotatable bonds is 7. The molecule has 0 aliphatic heterocycles. The summed E-state index contributed by atoms with van der Waals surface area (Å²) in [6.07, 6.45) is 2.94. The Morgan fingerprint density at radius 1 is 1.29 bits per heavy atom. The Bertz CT molecular complexity index is 585. The van der Waals surface area contributed by atoms with Gasteiger partial charge in [-0.05, 0) is 37.6 Å². The fourth-order valence-corrected chi connectivity index (χ4v) is 2.07. The van der Waals surface area contributed by atoms with Crippen LogP contribution < -0.4 is 10.1 Å². The summed E-state index contributed by atoms with van der Waals surface area (Å²) in [7, 11) is 0. The Labute approximate surface area is 125 Å². The van der Waals surface area contributed by atoms with Crippen molar-refractivity contribution in [3.05, 3.63) is 53.2 Å². The quantitative estimate of drug-likeness (QED) is 0.768. The summed E-state index contributed by atoms with van der Waals surface area (Å²) >= 11 is 0. The number of nitrogens with one attached hydrogen (secondary N) is 1. The molecule has 0 aliphatic rings. The van der Waals surface area contributed by atoms with E-state index in [0.29, 0.717) is 11.6 Å². The maximum Gasteiger partial charge on any atom is 0.222 e. The molecule has 2 N–H and O–H groups in total. The van der Waals surface area contributed by atoms with Crippen LogP contribution >= 0.6 is 0 Å². The minimum absolute atomic E-state index is 0.0474. The monoisotopic (exact) mass is 286 g/mol. The van der Waals surface area contributed by atoms with E-state index < -0.39 is 0 Å². The normalized spacial score (nSPS) is 10.6. The van der Waals surface area contributed by atoms with Crippen molar-refractivity contribution in [3.8, 4) is 11.6 Å². The van der Waals surface area contributed by atoms with Crippen molar-refractivity contribution in [1.82, 2.24) is 10.3 Å². The fraction of sp³-hybridized carbons (Fsp3) is 0.353. The first-order valence-electron chi connectivity index (χ1n) is 7.27. The third-order valence-electron chi connectivity index (χ3n) is 3.19. The van der Waals surface area contributed by atoms with Crippen LogP contribution in [0.3, 0.4) is 0 Å². The van der Waals surface area contributed by atoms with E-state index >= 15 is 0 Å². The number of aromatic nitrogens is 1. The van der Waals surface area contributed by atoms with Gasteiger partial charge in [-0.15, -0.1) is 0 Å². The molecule has 0 amide bonds. The van der Waals surface area contributed by atoms with Crippen LogP contribution in [0.2, 0.25) is 0 Å². The van der Waals surface area contributed by atoms with Gasteiger partial charge in [0.15, 0.2) is 0 Å². The van der Waals surface area contributed by atoms with Crippen LogP contribution in [0.5, 0.6) is 11.6 Å². The summed E-state index contributed by atoms with van der Waals surface area (Å²) in [6, 6.07) is 9.51. The predicted molar refractivity (Wildman–Crippen MR) is 83.4 cm³/mol. The maximum absolute atomic E-state index is 9.32. The summed E-state index contributed by atoms with van der Waals surface area (Å²) in [5.74, 6) is 1.22. The molecule has 0 bridgehead atoms. The lowest BCUT2D eigenvalue weighted by Crippen LogP contribution is -2.14. The van der Waals surface area contributed by atoms with Crippen molar-refractivity contribution < 1.29 is 9.84 Å². The van der Waals surface area contributed by atoms with Gasteiger partial charge in [-0.2, -0.15) is 0 Å². The Kier molecular flexibility index (Phi) is 5.72. The number of ether oxygens (including phenoxy) is 1. The summed E-state index contributed by atoms with van der Waals surface area (Å²) in [5.41, 5.74) is 2.88. The lowest BCUT2D eigenvalue weighted by molar-refractivity contribution is 0.276. The second-order valence-electron chi connectivity index (χ2n) is 5.01. The zero-order valence-electron chi connectivity index (χ0n) is 12.6. The first-order valence-corrected chi connectivity index (χ1v) is 7.27. The SMILES string of the molecule is CCCNCc1cnc(Oc2ccccc2CO)c(C)c1. The van der Waals surface area contributed by atoms with E-state index in [-0.39, 0.29) is 6.61 Å². The third kappa shape index (κ3) is 4.28. The molecule has 0 aliphatic carbocycles. The smallest absolute Gasteiger partial charge is 0.222 e. The number of pyridine rings is 1. The van der Waals surface area contributed by atoms with E-state index in [1.165, 1.54) is 0 Å². The van der Waals surface area contributed by atoms with Gasteiger partial charge in [-0.1, -0.05) is 25.1 Å². The molecule has 4 heteroatoms. The van der Waals surface area contributed by atoms with Gasteiger partial charge in [0.2, 0.25) is 5.88 Å². The first kappa shape index (κ1) is 15.5. The van der Waals surface area contributed by atoms with Gasteiger partial charge in [-0.3, -0.25) is 0 Å². The van der Waals surface area contributed by atoms with Gasteiger partial charge in [-0.25, -0.2) is 4.98 Å². The van der Waals surface area contributed by atoms with Gasteiger partial charge < -0.3 is 15.2 Å². The van der Waals surface area contributed by atoms with Crippen molar-refractivity contribution >= 4 is 0 Å². The van der Waals surface area contributed by atoms with E-state index in [0.717, 1.165) is 36.2 Å². The Morgan fingerprint density at radius 2 is 2.10 bits per heavy atom. The number of benzene rings is 1. The molecule has 21 heavy (non-hydrogen) atoms. The minimum atomic E-state index is -0.0474. The number of hydrogen-bond acceptors (Lipinski definition) is 4. The highest BCUT2D eigenvalue weighted by Gasteiger charge is 2.07. The molecule has 1 heterocycles. The molecule has 1 aromatic heterocycles. The molecular formula is C17H22N2O2. The van der Waals surface area contributed by atoms with E-state index in [9.17, 15) is 5.11 Å². The summed E-state index contributed by atoms with van der Waals surface area (Å²) in [5, 5.41) is 12.7. The molecule has 0 unspecified atom stereocenters. The molecule has 2 rings (SSSR count). The first-order chi connectivity index (χ1) is 10.2. The van der Waals surface area contributed by atoms with Gasteiger partial charge in [0.05, 0.1) is 6.61 Å². The highest BCUT2D eigenvalue weighted by atomic mass is 16.5. The van der Waals surface area contributed by atoms with Gasteiger partial charge >= 0.3 is 0 Å². The number of aliphatic hydroxyl groups excluding tert-OH is 1.